The number of carbonyl (C=O) groups excluding carboxylic acids is 2. The van der Waals surface area contributed by atoms with Gasteiger partial charge in [0.05, 0.1) is 12.7 Å². The summed E-state index contributed by atoms with van der Waals surface area (Å²) in [7, 11) is 5.37. The Morgan fingerprint density at radius 1 is 1.15 bits per heavy atom. The van der Waals surface area contributed by atoms with Gasteiger partial charge in [0.25, 0.3) is 5.91 Å². The number of anilines is 2. The molecule has 1 heterocycles. The predicted molar refractivity (Wildman–Crippen MR) is 102 cm³/mol. The van der Waals surface area contributed by atoms with Crippen LogP contribution in [-0.4, -0.2) is 56.1 Å². The number of ether oxygens (including phenoxy) is 1. The van der Waals surface area contributed by atoms with Gasteiger partial charge in [-0.2, -0.15) is 0 Å². The van der Waals surface area contributed by atoms with E-state index in [2.05, 4.69) is 25.3 Å². The minimum atomic E-state index is -0.450. The molecule has 0 unspecified atom stereocenters. The molecule has 7 nitrogen and oxygen atoms in total. The summed E-state index contributed by atoms with van der Waals surface area (Å²) in [5.41, 5.74) is 1.39. The topological polar surface area (TPSA) is 83.6 Å². The van der Waals surface area contributed by atoms with Crippen molar-refractivity contribution in [3.05, 3.63) is 53.7 Å². The van der Waals surface area contributed by atoms with Crippen molar-refractivity contribution in [3.8, 4) is 0 Å². The SMILES string of the molecule is COC(=O)c1cccc(NC(=O)c2ccnc(NCCCN(C)C)c2)c1. The number of pyridine rings is 1. The molecule has 0 saturated heterocycles. The van der Waals surface area contributed by atoms with Crippen LogP contribution in [0.25, 0.3) is 0 Å². The van der Waals surface area contributed by atoms with Crippen LogP contribution in [0.4, 0.5) is 11.5 Å². The van der Waals surface area contributed by atoms with Crippen LogP contribution in [0, 0.1) is 0 Å². The smallest absolute Gasteiger partial charge is 0.337 e. The van der Waals surface area contributed by atoms with E-state index >= 15 is 0 Å². The van der Waals surface area contributed by atoms with Gasteiger partial charge in [-0.15, -0.1) is 0 Å². The molecule has 1 aromatic heterocycles. The van der Waals surface area contributed by atoms with Crippen LogP contribution in [0.5, 0.6) is 0 Å². The number of aromatic nitrogens is 1. The number of carbonyl (C=O) groups is 2. The Morgan fingerprint density at radius 3 is 2.69 bits per heavy atom. The van der Waals surface area contributed by atoms with Gasteiger partial charge in [0.15, 0.2) is 0 Å². The highest BCUT2D eigenvalue weighted by Crippen LogP contribution is 2.14. The summed E-state index contributed by atoms with van der Waals surface area (Å²) in [5.74, 6) is -0.0697. The van der Waals surface area contributed by atoms with Gasteiger partial charge in [-0.05, 0) is 57.4 Å². The van der Waals surface area contributed by atoms with E-state index in [1.54, 1.807) is 42.6 Å². The van der Waals surface area contributed by atoms with Crippen LogP contribution in [0.2, 0.25) is 0 Å². The lowest BCUT2D eigenvalue weighted by molar-refractivity contribution is 0.0600. The first kappa shape index (κ1) is 19.4. The van der Waals surface area contributed by atoms with E-state index < -0.39 is 5.97 Å². The highest BCUT2D eigenvalue weighted by atomic mass is 16.5. The molecule has 1 aromatic carbocycles. The Kier molecular flexibility index (Phi) is 7.11. The number of nitrogens with one attached hydrogen (secondary N) is 2. The summed E-state index contributed by atoms with van der Waals surface area (Å²) in [6, 6.07) is 9.95. The van der Waals surface area contributed by atoms with Gasteiger partial charge >= 0.3 is 5.97 Å². The lowest BCUT2D eigenvalue weighted by Gasteiger charge is -2.11. The Hall–Kier alpha value is -2.93. The number of methoxy groups -OCH3 is 1. The van der Waals surface area contributed by atoms with Crippen molar-refractivity contribution >= 4 is 23.4 Å². The number of hydrogen-bond donors (Lipinski definition) is 2. The predicted octanol–water partition coefficient (Wildman–Crippen LogP) is 2.48. The average Bonchev–Trinajstić information content (AvgIpc) is 2.65. The van der Waals surface area contributed by atoms with Crippen LogP contribution < -0.4 is 10.6 Å². The second-order valence-corrected chi connectivity index (χ2v) is 6.04. The molecule has 138 valence electrons. The Morgan fingerprint density at radius 2 is 1.96 bits per heavy atom. The summed E-state index contributed by atoms with van der Waals surface area (Å²) in [6.07, 6.45) is 2.57. The first-order valence-electron chi connectivity index (χ1n) is 8.34. The van der Waals surface area contributed by atoms with Crippen molar-refractivity contribution in [1.82, 2.24) is 9.88 Å². The summed E-state index contributed by atoms with van der Waals surface area (Å²) in [6.45, 7) is 1.75. The molecule has 1 amide bonds. The molecular formula is C19H24N4O3. The molecule has 0 radical (unpaired) electrons. The number of benzene rings is 1. The monoisotopic (exact) mass is 356 g/mol. The van der Waals surface area contributed by atoms with Gasteiger partial charge in [0, 0.05) is 24.0 Å². The van der Waals surface area contributed by atoms with Gasteiger partial charge < -0.3 is 20.3 Å². The van der Waals surface area contributed by atoms with Crippen LogP contribution in [-0.2, 0) is 4.74 Å². The zero-order chi connectivity index (χ0) is 18.9. The third-order valence-electron chi connectivity index (χ3n) is 3.65. The van der Waals surface area contributed by atoms with Crippen molar-refractivity contribution in [2.24, 2.45) is 0 Å². The summed E-state index contributed by atoms with van der Waals surface area (Å²) >= 11 is 0. The van der Waals surface area contributed by atoms with E-state index in [-0.39, 0.29) is 5.91 Å². The lowest BCUT2D eigenvalue weighted by atomic mass is 10.2. The van der Waals surface area contributed by atoms with Crippen LogP contribution in [0.3, 0.4) is 0 Å². The zero-order valence-corrected chi connectivity index (χ0v) is 15.3. The number of rotatable bonds is 8. The molecule has 2 rings (SSSR count). The summed E-state index contributed by atoms with van der Waals surface area (Å²) < 4.78 is 4.69. The Bertz CT molecular complexity index is 762. The second kappa shape index (κ2) is 9.53. The normalized spacial score (nSPS) is 10.5. The van der Waals surface area contributed by atoms with E-state index in [1.807, 2.05) is 14.1 Å². The molecule has 0 aliphatic carbocycles. The van der Waals surface area contributed by atoms with Crippen molar-refractivity contribution in [2.45, 2.75) is 6.42 Å². The van der Waals surface area contributed by atoms with E-state index in [4.69, 9.17) is 0 Å². The van der Waals surface area contributed by atoms with Gasteiger partial charge in [-0.1, -0.05) is 6.07 Å². The maximum atomic E-state index is 12.4. The molecule has 0 atom stereocenters. The minimum absolute atomic E-state index is 0.272. The van der Waals surface area contributed by atoms with Gasteiger partial charge in [-0.25, -0.2) is 9.78 Å². The minimum Gasteiger partial charge on any atom is -0.465 e. The summed E-state index contributed by atoms with van der Waals surface area (Å²) in [5, 5.41) is 5.99. The molecule has 0 aliphatic rings. The standard InChI is InChI=1S/C19H24N4O3/c1-23(2)11-5-9-20-17-13-14(8-10-21-17)18(24)22-16-7-4-6-15(12-16)19(25)26-3/h4,6-8,10,12-13H,5,9,11H2,1-3H3,(H,20,21)(H,22,24). The molecule has 2 N–H and O–H groups in total. The summed E-state index contributed by atoms with van der Waals surface area (Å²) in [4.78, 5) is 30.4. The molecule has 0 saturated carbocycles. The van der Waals surface area contributed by atoms with E-state index in [0.717, 1.165) is 19.5 Å². The third-order valence-corrected chi connectivity index (χ3v) is 3.65. The lowest BCUT2D eigenvalue weighted by Crippen LogP contribution is -2.17. The highest BCUT2D eigenvalue weighted by molar-refractivity contribution is 6.05. The fourth-order valence-corrected chi connectivity index (χ4v) is 2.33. The number of nitrogens with zero attached hydrogens (tertiary/aromatic N) is 2. The number of amides is 1. The fraction of sp³-hybridized carbons (Fsp3) is 0.316. The van der Waals surface area contributed by atoms with Gasteiger partial charge in [0.2, 0.25) is 0 Å². The number of hydrogen-bond acceptors (Lipinski definition) is 6. The van der Waals surface area contributed by atoms with Gasteiger partial charge in [0.1, 0.15) is 5.82 Å². The molecule has 0 aliphatic heterocycles. The average molecular weight is 356 g/mol. The van der Waals surface area contributed by atoms with Crippen LogP contribution in [0.1, 0.15) is 27.1 Å². The van der Waals surface area contributed by atoms with E-state index in [0.29, 0.717) is 22.6 Å². The van der Waals surface area contributed by atoms with E-state index in [9.17, 15) is 9.59 Å². The van der Waals surface area contributed by atoms with Crippen molar-refractivity contribution < 1.29 is 14.3 Å². The molecule has 26 heavy (non-hydrogen) atoms. The Balaban J connectivity index is 1.99. The second-order valence-electron chi connectivity index (χ2n) is 6.04. The van der Waals surface area contributed by atoms with Crippen molar-refractivity contribution in [2.75, 3.05) is 44.9 Å². The molecular weight excluding hydrogens is 332 g/mol. The van der Waals surface area contributed by atoms with Crippen LogP contribution >= 0.6 is 0 Å². The largest absolute Gasteiger partial charge is 0.465 e. The first-order valence-corrected chi connectivity index (χ1v) is 8.34. The maximum absolute atomic E-state index is 12.4. The quantitative estimate of drug-likeness (QED) is 0.558. The van der Waals surface area contributed by atoms with Crippen molar-refractivity contribution in [3.63, 3.8) is 0 Å². The number of esters is 1. The molecule has 0 spiro atoms. The van der Waals surface area contributed by atoms with E-state index in [1.165, 1.54) is 7.11 Å². The fourth-order valence-electron chi connectivity index (χ4n) is 2.33. The van der Waals surface area contributed by atoms with Crippen LogP contribution in [0.15, 0.2) is 42.6 Å². The zero-order valence-electron chi connectivity index (χ0n) is 15.3. The molecule has 7 heteroatoms. The molecule has 0 fully saturated rings. The maximum Gasteiger partial charge on any atom is 0.337 e. The molecule has 0 bridgehead atoms. The highest BCUT2D eigenvalue weighted by Gasteiger charge is 2.10. The first-order chi connectivity index (χ1) is 12.5. The Labute approximate surface area is 153 Å². The van der Waals surface area contributed by atoms with Gasteiger partial charge in [-0.3, -0.25) is 4.79 Å². The third kappa shape index (κ3) is 5.86. The van der Waals surface area contributed by atoms with Crippen molar-refractivity contribution in [1.29, 1.82) is 0 Å². The molecule has 2 aromatic rings.